The number of carbonyl (C=O) groups is 1. The summed E-state index contributed by atoms with van der Waals surface area (Å²) >= 11 is 0. The van der Waals surface area contributed by atoms with Crippen LogP contribution in [0.3, 0.4) is 0 Å². The standard InChI is InChI=1S/C22H36O4/c1-7-20(5)13-22(25)12-9-15-19(3,4)10-8-11-21(15,6)17(22)16(18(20)24)26-14(2)23/h7,15-18,24-25H,1,8-13H2,2-6H3/t15-,16+,17+,18-,20+,21-,22+/m0/s1. The van der Waals surface area contributed by atoms with E-state index in [1.54, 1.807) is 6.08 Å². The molecule has 0 radical (unpaired) electrons. The van der Waals surface area contributed by atoms with Crippen molar-refractivity contribution >= 4 is 5.97 Å². The number of carbonyl (C=O) groups excluding carboxylic acids is 1. The lowest BCUT2D eigenvalue weighted by Gasteiger charge is -2.66. The van der Waals surface area contributed by atoms with Gasteiger partial charge in [-0.15, -0.1) is 6.58 Å². The molecule has 0 unspecified atom stereocenters. The molecule has 0 aromatic heterocycles. The second-order valence-corrected chi connectivity index (χ2v) is 10.4. The molecule has 26 heavy (non-hydrogen) atoms. The van der Waals surface area contributed by atoms with Crippen LogP contribution in [0.15, 0.2) is 12.7 Å². The first-order valence-electron chi connectivity index (χ1n) is 10.1. The van der Waals surface area contributed by atoms with E-state index in [9.17, 15) is 15.0 Å². The van der Waals surface area contributed by atoms with Crippen molar-refractivity contribution < 1.29 is 19.7 Å². The van der Waals surface area contributed by atoms with Gasteiger partial charge in [0.25, 0.3) is 0 Å². The summed E-state index contributed by atoms with van der Waals surface area (Å²) in [6.45, 7) is 14.1. The zero-order valence-electron chi connectivity index (χ0n) is 17.0. The van der Waals surface area contributed by atoms with Crippen LogP contribution in [0.2, 0.25) is 0 Å². The van der Waals surface area contributed by atoms with E-state index in [1.165, 1.54) is 13.3 Å². The Morgan fingerprint density at radius 2 is 1.85 bits per heavy atom. The van der Waals surface area contributed by atoms with E-state index in [-0.39, 0.29) is 16.7 Å². The van der Waals surface area contributed by atoms with E-state index in [0.29, 0.717) is 18.8 Å². The molecule has 2 N–H and O–H groups in total. The van der Waals surface area contributed by atoms with Gasteiger partial charge in [-0.05, 0) is 48.9 Å². The maximum Gasteiger partial charge on any atom is 0.303 e. The van der Waals surface area contributed by atoms with Crippen LogP contribution >= 0.6 is 0 Å². The number of aliphatic hydroxyl groups is 2. The fraction of sp³-hybridized carbons (Fsp3) is 0.864. The highest BCUT2D eigenvalue weighted by Crippen LogP contribution is 2.66. The van der Waals surface area contributed by atoms with Crippen LogP contribution in [0.25, 0.3) is 0 Å². The smallest absolute Gasteiger partial charge is 0.303 e. The van der Waals surface area contributed by atoms with E-state index in [4.69, 9.17) is 4.74 Å². The lowest BCUT2D eigenvalue weighted by Crippen LogP contribution is -2.70. The van der Waals surface area contributed by atoms with Crippen molar-refractivity contribution in [2.24, 2.45) is 28.1 Å². The Morgan fingerprint density at radius 1 is 1.19 bits per heavy atom. The number of ether oxygens (including phenoxy) is 1. The van der Waals surface area contributed by atoms with Gasteiger partial charge in [-0.1, -0.05) is 40.2 Å². The minimum Gasteiger partial charge on any atom is -0.459 e. The molecule has 0 saturated heterocycles. The number of fused-ring (bicyclic) bond motifs is 3. The van der Waals surface area contributed by atoms with Gasteiger partial charge in [0, 0.05) is 18.3 Å². The monoisotopic (exact) mass is 364 g/mol. The largest absolute Gasteiger partial charge is 0.459 e. The summed E-state index contributed by atoms with van der Waals surface area (Å²) in [5, 5.41) is 22.9. The molecular weight excluding hydrogens is 328 g/mol. The molecule has 0 bridgehead atoms. The maximum absolute atomic E-state index is 11.9. The topological polar surface area (TPSA) is 66.8 Å². The fourth-order valence-corrected chi connectivity index (χ4v) is 7.14. The van der Waals surface area contributed by atoms with Gasteiger partial charge in [-0.3, -0.25) is 4.79 Å². The van der Waals surface area contributed by atoms with Gasteiger partial charge in [0.15, 0.2) is 0 Å². The van der Waals surface area contributed by atoms with E-state index in [0.717, 1.165) is 19.3 Å². The highest BCUT2D eigenvalue weighted by atomic mass is 16.6. The lowest BCUT2D eigenvalue weighted by molar-refractivity contribution is -0.269. The summed E-state index contributed by atoms with van der Waals surface area (Å²) in [4.78, 5) is 11.9. The molecule has 0 amide bonds. The van der Waals surface area contributed by atoms with Gasteiger partial charge < -0.3 is 14.9 Å². The fourth-order valence-electron chi connectivity index (χ4n) is 7.14. The van der Waals surface area contributed by atoms with Crippen molar-refractivity contribution in [2.45, 2.75) is 91.0 Å². The van der Waals surface area contributed by atoms with Gasteiger partial charge in [-0.25, -0.2) is 0 Å². The summed E-state index contributed by atoms with van der Waals surface area (Å²) in [7, 11) is 0. The molecule has 0 aromatic carbocycles. The zero-order chi connectivity index (χ0) is 19.5. The second-order valence-electron chi connectivity index (χ2n) is 10.4. The molecule has 0 aromatic rings. The van der Waals surface area contributed by atoms with E-state index in [1.807, 2.05) is 6.92 Å². The van der Waals surface area contributed by atoms with Crippen LogP contribution < -0.4 is 0 Å². The van der Waals surface area contributed by atoms with Crippen molar-refractivity contribution in [3.05, 3.63) is 12.7 Å². The third-order valence-electron chi connectivity index (χ3n) is 8.20. The molecule has 4 heteroatoms. The van der Waals surface area contributed by atoms with Crippen molar-refractivity contribution in [2.75, 3.05) is 0 Å². The van der Waals surface area contributed by atoms with Gasteiger partial charge in [0.2, 0.25) is 0 Å². The molecule has 3 aliphatic rings. The summed E-state index contributed by atoms with van der Waals surface area (Å²) in [5.74, 6) is -0.196. The predicted octanol–water partition coefficient (Wildman–Crippen LogP) is 3.85. The molecule has 0 aliphatic heterocycles. The van der Waals surface area contributed by atoms with Crippen molar-refractivity contribution in [3.8, 4) is 0 Å². The van der Waals surface area contributed by atoms with E-state index < -0.39 is 29.2 Å². The minimum atomic E-state index is -0.943. The first-order valence-corrected chi connectivity index (χ1v) is 10.1. The van der Waals surface area contributed by atoms with Gasteiger partial charge in [0.05, 0.1) is 5.60 Å². The third-order valence-corrected chi connectivity index (χ3v) is 8.20. The van der Waals surface area contributed by atoms with Crippen molar-refractivity contribution in [1.29, 1.82) is 0 Å². The summed E-state index contributed by atoms with van der Waals surface area (Å²) in [6, 6.07) is 0. The average Bonchev–Trinajstić information content (AvgIpc) is 2.50. The third kappa shape index (κ3) is 2.75. The Hall–Kier alpha value is -0.870. The Balaban J connectivity index is 2.11. The number of hydrogen-bond donors (Lipinski definition) is 2. The summed E-state index contributed by atoms with van der Waals surface area (Å²) in [6.07, 6.45) is 5.60. The summed E-state index contributed by atoms with van der Waals surface area (Å²) in [5.41, 5.74) is -1.57. The highest BCUT2D eigenvalue weighted by molar-refractivity contribution is 5.66. The molecule has 3 rings (SSSR count). The highest BCUT2D eigenvalue weighted by Gasteiger charge is 2.67. The normalized spacial score (nSPS) is 50.3. The Morgan fingerprint density at radius 3 is 2.42 bits per heavy atom. The van der Waals surface area contributed by atoms with Crippen LogP contribution in [-0.2, 0) is 9.53 Å². The first-order chi connectivity index (χ1) is 11.9. The van der Waals surface area contributed by atoms with Gasteiger partial charge in [0.1, 0.15) is 12.2 Å². The van der Waals surface area contributed by atoms with Crippen LogP contribution in [0.5, 0.6) is 0 Å². The average molecular weight is 365 g/mol. The lowest BCUT2D eigenvalue weighted by atomic mass is 9.41. The quantitative estimate of drug-likeness (QED) is 0.577. The van der Waals surface area contributed by atoms with Crippen LogP contribution in [0, 0.1) is 28.1 Å². The molecular formula is C22H36O4. The number of hydrogen-bond acceptors (Lipinski definition) is 4. The van der Waals surface area contributed by atoms with Crippen molar-refractivity contribution in [3.63, 3.8) is 0 Å². The predicted molar refractivity (Wildman–Crippen MR) is 101 cm³/mol. The molecule has 3 fully saturated rings. The van der Waals surface area contributed by atoms with Gasteiger partial charge in [-0.2, -0.15) is 0 Å². The molecule has 0 spiro atoms. The van der Waals surface area contributed by atoms with E-state index in [2.05, 4.69) is 27.4 Å². The SMILES string of the molecule is C=C[C@]1(C)C[C@]2(O)CC[C@H]3C(C)(C)CCC[C@]3(C)[C@H]2[C@@H](OC(C)=O)[C@@H]1O. The van der Waals surface area contributed by atoms with Crippen LogP contribution in [0.1, 0.15) is 73.1 Å². The molecule has 4 nitrogen and oxygen atoms in total. The maximum atomic E-state index is 11.9. The van der Waals surface area contributed by atoms with Gasteiger partial charge >= 0.3 is 5.97 Å². The minimum absolute atomic E-state index is 0.154. The first kappa shape index (κ1) is 19.9. The van der Waals surface area contributed by atoms with Crippen LogP contribution in [0.4, 0.5) is 0 Å². The van der Waals surface area contributed by atoms with Crippen LogP contribution in [-0.4, -0.2) is 34.0 Å². The molecule has 0 heterocycles. The Bertz CT molecular complexity index is 599. The number of rotatable bonds is 2. The summed E-state index contributed by atoms with van der Waals surface area (Å²) < 4.78 is 5.72. The second kappa shape index (κ2) is 6.07. The Labute approximate surface area is 158 Å². The van der Waals surface area contributed by atoms with E-state index >= 15 is 0 Å². The molecule has 7 atom stereocenters. The number of aliphatic hydroxyl groups excluding tert-OH is 1. The number of esters is 1. The molecule has 148 valence electrons. The zero-order valence-corrected chi connectivity index (χ0v) is 17.0. The Kier molecular flexibility index (Phi) is 4.64. The molecule has 3 saturated carbocycles. The molecule has 3 aliphatic carbocycles. The van der Waals surface area contributed by atoms with Crippen molar-refractivity contribution in [1.82, 2.24) is 0 Å².